The first-order chi connectivity index (χ1) is 9.66. The fourth-order valence-corrected chi connectivity index (χ4v) is 3.15. The highest BCUT2D eigenvalue weighted by atomic mass is 16.5. The molecule has 20 heavy (non-hydrogen) atoms. The number of benzene rings is 1. The smallest absolute Gasteiger partial charge is 0.241 e. The van der Waals surface area contributed by atoms with Crippen molar-refractivity contribution < 1.29 is 9.53 Å². The van der Waals surface area contributed by atoms with Crippen molar-refractivity contribution in [2.75, 3.05) is 13.2 Å². The van der Waals surface area contributed by atoms with Gasteiger partial charge in [0.2, 0.25) is 5.91 Å². The largest absolute Gasteiger partial charge is 0.378 e. The van der Waals surface area contributed by atoms with Crippen LogP contribution in [0.5, 0.6) is 0 Å². The van der Waals surface area contributed by atoms with Crippen LogP contribution in [0.15, 0.2) is 30.3 Å². The van der Waals surface area contributed by atoms with E-state index in [1.54, 1.807) is 0 Å². The third-order valence-electron chi connectivity index (χ3n) is 4.45. The number of hydrogen-bond acceptors (Lipinski definition) is 3. The Morgan fingerprint density at radius 3 is 2.70 bits per heavy atom. The summed E-state index contributed by atoms with van der Waals surface area (Å²) in [5.41, 5.74) is 1.15. The van der Waals surface area contributed by atoms with Crippen molar-refractivity contribution in [3.8, 4) is 0 Å². The Morgan fingerprint density at radius 2 is 2.05 bits per heavy atom. The normalized spacial score (nSPS) is 33.9. The molecule has 0 bridgehead atoms. The van der Waals surface area contributed by atoms with Gasteiger partial charge in [0.05, 0.1) is 12.1 Å². The Balaban J connectivity index is 1.80. The third kappa shape index (κ3) is 2.45. The maximum Gasteiger partial charge on any atom is 0.241 e. The molecule has 1 aromatic rings. The summed E-state index contributed by atoms with van der Waals surface area (Å²) in [6, 6.07) is 10.1. The Kier molecular flexibility index (Phi) is 3.76. The molecule has 1 amide bonds. The zero-order chi connectivity index (χ0) is 14.1. The van der Waals surface area contributed by atoms with Gasteiger partial charge in [0.25, 0.3) is 0 Å². The molecule has 2 aliphatic heterocycles. The van der Waals surface area contributed by atoms with Gasteiger partial charge in [-0.25, -0.2) is 0 Å². The molecule has 0 radical (unpaired) electrons. The molecule has 1 N–H and O–H groups in total. The molecular weight excluding hydrogens is 252 g/mol. The Labute approximate surface area is 120 Å². The summed E-state index contributed by atoms with van der Waals surface area (Å²) in [6.07, 6.45) is 1.28. The molecular formula is C16H22N2O2. The van der Waals surface area contributed by atoms with E-state index in [0.29, 0.717) is 5.92 Å². The van der Waals surface area contributed by atoms with Gasteiger partial charge in [-0.2, -0.15) is 0 Å². The highest BCUT2D eigenvalue weighted by molar-refractivity contribution is 5.84. The number of rotatable bonds is 3. The van der Waals surface area contributed by atoms with Crippen LogP contribution in [0.3, 0.4) is 0 Å². The number of carbonyl (C=O) groups excluding carboxylic acids is 1. The average molecular weight is 274 g/mol. The van der Waals surface area contributed by atoms with Gasteiger partial charge in [-0.1, -0.05) is 30.3 Å². The summed E-state index contributed by atoms with van der Waals surface area (Å²) in [5.74, 6) is 0.634. The van der Waals surface area contributed by atoms with E-state index in [0.717, 1.165) is 25.1 Å². The Morgan fingerprint density at radius 1 is 1.30 bits per heavy atom. The lowest BCUT2D eigenvalue weighted by molar-refractivity contribution is -0.130. The molecule has 2 saturated heterocycles. The fourth-order valence-electron chi connectivity index (χ4n) is 3.15. The molecule has 4 nitrogen and oxygen atoms in total. The summed E-state index contributed by atoms with van der Waals surface area (Å²) in [4.78, 5) is 14.4. The first kappa shape index (κ1) is 13.6. The van der Waals surface area contributed by atoms with Crippen LogP contribution in [-0.2, 0) is 9.53 Å². The molecule has 2 fully saturated rings. The van der Waals surface area contributed by atoms with Gasteiger partial charge in [-0.15, -0.1) is 0 Å². The zero-order valence-corrected chi connectivity index (χ0v) is 12.1. The van der Waals surface area contributed by atoms with Crippen molar-refractivity contribution in [3.63, 3.8) is 0 Å². The van der Waals surface area contributed by atoms with Gasteiger partial charge < -0.3 is 9.64 Å². The summed E-state index contributed by atoms with van der Waals surface area (Å²) in [5, 5.41) is 3.39. The number of amides is 1. The van der Waals surface area contributed by atoms with E-state index >= 15 is 0 Å². The van der Waals surface area contributed by atoms with Gasteiger partial charge in [0.1, 0.15) is 6.17 Å². The minimum Gasteiger partial charge on any atom is -0.378 e. The lowest BCUT2D eigenvalue weighted by Gasteiger charge is -2.28. The predicted molar refractivity (Wildman–Crippen MR) is 77.0 cm³/mol. The SMILES string of the molecule is CC1NC(c2ccccc2)N(CC2CCOC2C)C1=O. The molecule has 4 heteroatoms. The number of nitrogens with zero attached hydrogens (tertiary/aromatic N) is 1. The molecule has 0 aliphatic carbocycles. The lowest BCUT2D eigenvalue weighted by atomic mass is 10.0. The lowest BCUT2D eigenvalue weighted by Crippen LogP contribution is -2.36. The number of hydrogen-bond donors (Lipinski definition) is 1. The van der Waals surface area contributed by atoms with Crippen LogP contribution in [0.25, 0.3) is 0 Å². The van der Waals surface area contributed by atoms with Gasteiger partial charge in [0, 0.05) is 19.1 Å². The van der Waals surface area contributed by atoms with Gasteiger partial charge in [-0.05, 0) is 25.8 Å². The van der Waals surface area contributed by atoms with Crippen molar-refractivity contribution in [1.29, 1.82) is 0 Å². The third-order valence-corrected chi connectivity index (χ3v) is 4.45. The molecule has 108 valence electrons. The predicted octanol–water partition coefficient (Wildman–Crippen LogP) is 1.93. The summed E-state index contributed by atoms with van der Waals surface area (Å²) in [7, 11) is 0. The highest BCUT2D eigenvalue weighted by Gasteiger charge is 2.39. The summed E-state index contributed by atoms with van der Waals surface area (Å²) >= 11 is 0. The van der Waals surface area contributed by atoms with E-state index in [-0.39, 0.29) is 24.2 Å². The van der Waals surface area contributed by atoms with Crippen LogP contribution in [-0.4, -0.2) is 36.1 Å². The van der Waals surface area contributed by atoms with E-state index in [4.69, 9.17) is 4.74 Å². The maximum atomic E-state index is 12.4. The van der Waals surface area contributed by atoms with Crippen molar-refractivity contribution in [3.05, 3.63) is 35.9 Å². The molecule has 0 spiro atoms. The second-order valence-electron chi connectivity index (χ2n) is 5.82. The molecule has 0 saturated carbocycles. The molecule has 3 rings (SSSR count). The maximum absolute atomic E-state index is 12.4. The molecule has 4 atom stereocenters. The first-order valence-corrected chi connectivity index (χ1v) is 7.40. The summed E-state index contributed by atoms with van der Waals surface area (Å²) in [6.45, 7) is 5.63. The van der Waals surface area contributed by atoms with Gasteiger partial charge in [-0.3, -0.25) is 10.1 Å². The second-order valence-corrected chi connectivity index (χ2v) is 5.82. The molecule has 4 unspecified atom stereocenters. The van der Waals surface area contributed by atoms with Crippen LogP contribution < -0.4 is 5.32 Å². The molecule has 0 aromatic heterocycles. The number of nitrogens with one attached hydrogen (secondary N) is 1. The monoisotopic (exact) mass is 274 g/mol. The van der Waals surface area contributed by atoms with Gasteiger partial charge >= 0.3 is 0 Å². The van der Waals surface area contributed by atoms with Crippen LogP contribution in [0.2, 0.25) is 0 Å². The Hall–Kier alpha value is -1.39. The van der Waals surface area contributed by atoms with E-state index in [2.05, 4.69) is 24.4 Å². The van der Waals surface area contributed by atoms with Gasteiger partial charge in [0.15, 0.2) is 0 Å². The highest BCUT2D eigenvalue weighted by Crippen LogP contribution is 2.29. The van der Waals surface area contributed by atoms with Crippen LogP contribution in [0.4, 0.5) is 0 Å². The standard InChI is InChI=1S/C16H22N2O2/c1-11-16(19)18(10-14-8-9-20-12(14)2)15(17-11)13-6-4-3-5-7-13/h3-7,11-12,14-15,17H,8-10H2,1-2H3. The van der Waals surface area contributed by atoms with E-state index in [1.165, 1.54) is 0 Å². The number of carbonyl (C=O) groups is 1. The van der Waals surface area contributed by atoms with Crippen molar-refractivity contribution >= 4 is 5.91 Å². The number of ether oxygens (including phenoxy) is 1. The van der Waals surface area contributed by atoms with E-state index in [1.807, 2.05) is 30.0 Å². The van der Waals surface area contributed by atoms with Crippen LogP contribution >= 0.6 is 0 Å². The molecule has 2 heterocycles. The van der Waals surface area contributed by atoms with E-state index < -0.39 is 0 Å². The van der Waals surface area contributed by atoms with E-state index in [9.17, 15) is 4.79 Å². The average Bonchev–Trinajstić information content (AvgIpc) is 2.99. The minimum atomic E-state index is -0.113. The van der Waals surface area contributed by atoms with Crippen LogP contribution in [0.1, 0.15) is 32.0 Å². The Bertz CT molecular complexity index is 477. The first-order valence-electron chi connectivity index (χ1n) is 7.40. The van der Waals surface area contributed by atoms with Crippen LogP contribution in [0, 0.1) is 5.92 Å². The summed E-state index contributed by atoms with van der Waals surface area (Å²) < 4.78 is 5.62. The second kappa shape index (κ2) is 5.54. The van der Waals surface area contributed by atoms with Crippen molar-refractivity contribution in [1.82, 2.24) is 10.2 Å². The van der Waals surface area contributed by atoms with Crippen molar-refractivity contribution in [2.45, 2.75) is 38.6 Å². The quantitative estimate of drug-likeness (QED) is 0.915. The minimum absolute atomic E-state index is 0.00787. The fraction of sp³-hybridized carbons (Fsp3) is 0.562. The topological polar surface area (TPSA) is 41.6 Å². The molecule has 1 aromatic carbocycles. The molecule has 2 aliphatic rings. The zero-order valence-electron chi connectivity index (χ0n) is 12.1. The van der Waals surface area contributed by atoms with Crippen molar-refractivity contribution in [2.24, 2.45) is 5.92 Å².